The van der Waals surface area contributed by atoms with Crippen LogP contribution in [0.3, 0.4) is 0 Å². The zero-order valence-corrected chi connectivity index (χ0v) is 11.6. The molecule has 0 radical (unpaired) electrons. The van der Waals surface area contributed by atoms with E-state index < -0.39 is 0 Å². The Bertz CT molecular complexity index is 373. The molecule has 1 aromatic heterocycles. The summed E-state index contributed by atoms with van der Waals surface area (Å²) in [5.41, 5.74) is 1.35. The van der Waals surface area contributed by atoms with Crippen LogP contribution in [0.5, 0.6) is 0 Å². The van der Waals surface area contributed by atoms with Crippen molar-refractivity contribution in [1.82, 2.24) is 15.6 Å². The quantitative estimate of drug-likeness (QED) is 0.872. The lowest BCUT2D eigenvalue weighted by Crippen LogP contribution is -2.46. The number of hydrogen-bond acceptors (Lipinski definition) is 3. The van der Waals surface area contributed by atoms with Crippen LogP contribution in [-0.2, 0) is 6.54 Å². The Morgan fingerprint density at radius 2 is 1.95 bits per heavy atom. The molecule has 1 saturated heterocycles. The van der Waals surface area contributed by atoms with E-state index in [0.29, 0.717) is 6.04 Å². The van der Waals surface area contributed by atoms with Crippen molar-refractivity contribution in [1.29, 1.82) is 0 Å². The molecule has 3 nitrogen and oxygen atoms in total. The average Bonchev–Trinajstić information content (AvgIpc) is 3.01. The van der Waals surface area contributed by atoms with Gasteiger partial charge >= 0.3 is 0 Å². The molecule has 0 spiro atoms. The fraction of sp³-hybridized carbons (Fsp3) is 0.688. The van der Waals surface area contributed by atoms with E-state index in [2.05, 4.69) is 27.8 Å². The van der Waals surface area contributed by atoms with E-state index in [-0.39, 0.29) is 0 Å². The smallest absolute Gasteiger partial charge is 0.0271 e. The van der Waals surface area contributed by atoms with Crippen molar-refractivity contribution in [3.05, 3.63) is 30.1 Å². The van der Waals surface area contributed by atoms with E-state index in [4.69, 9.17) is 0 Å². The second kappa shape index (κ2) is 6.49. The molecule has 104 valence electrons. The minimum Gasteiger partial charge on any atom is -0.314 e. The summed E-state index contributed by atoms with van der Waals surface area (Å²) in [6, 6.07) is 5.67. The lowest BCUT2D eigenvalue weighted by molar-refractivity contribution is 0.213. The maximum Gasteiger partial charge on any atom is 0.0271 e. The SMILES string of the molecule is c1cc(CNC2CCCCC2C2CCCN2)ccn1. The fourth-order valence-electron chi connectivity index (χ4n) is 3.72. The monoisotopic (exact) mass is 259 g/mol. The summed E-state index contributed by atoms with van der Waals surface area (Å²) in [6.45, 7) is 2.20. The molecule has 2 N–H and O–H groups in total. The first kappa shape index (κ1) is 13.1. The molecule has 2 aliphatic rings. The van der Waals surface area contributed by atoms with Crippen LogP contribution in [0.15, 0.2) is 24.5 Å². The molecule has 0 aromatic carbocycles. The molecule has 1 aliphatic heterocycles. The van der Waals surface area contributed by atoms with Crippen molar-refractivity contribution < 1.29 is 0 Å². The summed E-state index contributed by atoms with van der Waals surface area (Å²) in [7, 11) is 0. The number of nitrogens with one attached hydrogen (secondary N) is 2. The second-order valence-electron chi connectivity index (χ2n) is 5.99. The standard InChI is InChI=1S/C16H25N3/c1-2-5-16(14(4-1)15-6-3-9-18-15)19-12-13-7-10-17-11-8-13/h7-8,10-11,14-16,18-19H,1-6,9,12H2. The van der Waals surface area contributed by atoms with Crippen molar-refractivity contribution in [2.45, 2.75) is 57.2 Å². The van der Waals surface area contributed by atoms with Gasteiger partial charge in [0.25, 0.3) is 0 Å². The average molecular weight is 259 g/mol. The van der Waals surface area contributed by atoms with Gasteiger partial charge in [-0.1, -0.05) is 12.8 Å². The van der Waals surface area contributed by atoms with E-state index in [1.54, 1.807) is 0 Å². The summed E-state index contributed by atoms with van der Waals surface area (Å²) in [6.07, 6.45) is 12.0. The van der Waals surface area contributed by atoms with Gasteiger partial charge in [-0.05, 0) is 55.8 Å². The molecule has 1 aromatic rings. The Balaban J connectivity index is 1.57. The van der Waals surface area contributed by atoms with E-state index in [9.17, 15) is 0 Å². The van der Waals surface area contributed by atoms with Gasteiger partial charge in [0.1, 0.15) is 0 Å². The number of nitrogens with zero attached hydrogens (tertiary/aromatic N) is 1. The van der Waals surface area contributed by atoms with Crippen LogP contribution in [0.25, 0.3) is 0 Å². The molecule has 0 bridgehead atoms. The van der Waals surface area contributed by atoms with Gasteiger partial charge < -0.3 is 10.6 Å². The summed E-state index contributed by atoms with van der Waals surface area (Å²) in [5, 5.41) is 7.50. The first-order valence-electron chi connectivity index (χ1n) is 7.79. The Hall–Kier alpha value is -0.930. The Morgan fingerprint density at radius 1 is 1.11 bits per heavy atom. The van der Waals surface area contributed by atoms with Gasteiger partial charge in [-0.15, -0.1) is 0 Å². The molecule has 3 heteroatoms. The molecule has 3 rings (SSSR count). The molecule has 2 fully saturated rings. The van der Waals surface area contributed by atoms with Crippen LogP contribution in [0.2, 0.25) is 0 Å². The molecule has 1 saturated carbocycles. The zero-order chi connectivity index (χ0) is 12.9. The highest BCUT2D eigenvalue weighted by Crippen LogP contribution is 2.30. The zero-order valence-electron chi connectivity index (χ0n) is 11.6. The molecular formula is C16H25N3. The highest BCUT2D eigenvalue weighted by Gasteiger charge is 2.32. The Labute approximate surface area is 116 Å². The van der Waals surface area contributed by atoms with Gasteiger partial charge in [0, 0.05) is 31.0 Å². The van der Waals surface area contributed by atoms with Crippen LogP contribution in [0.4, 0.5) is 0 Å². The predicted molar refractivity (Wildman–Crippen MR) is 77.8 cm³/mol. The summed E-state index contributed by atoms with van der Waals surface area (Å²) >= 11 is 0. The van der Waals surface area contributed by atoms with Gasteiger partial charge in [-0.25, -0.2) is 0 Å². The lowest BCUT2D eigenvalue weighted by atomic mass is 9.79. The number of pyridine rings is 1. The maximum atomic E-state index is 4.08. The van der Waals surface area contributed by atoms with Crippen LogP contribution in [-0.4, -0.2) is 23.6 Å². The molecule has 3 unspecified atom stereocenters. The molecule has 0 amide bonds. The maximum absolute atomic E-state index is 4.08. The van der Waals surface area contributed by atoms with Crippen molar-refractivity contribution in [2.24, 2.45) is 5.92 Å². The first-order chi connectivity index (χ1) is 9.43. The van der Waals surface area contributed by atoms with Crippen LogP contribution in [0, 0.1) is 5.92 Å². The number of aromatic nitrogens is 1. The summed E-state index contributed by atoms with van der Waals surface area (Å²) in [5.74, 6) is 0.832. The van der Waals surface area contributed by atoms with Gasteiger partial charge in [0.2, 0.25) is 0 Å². The molecule has 2 heterocycles. The highest BCUT2D eigenvalue weighted by atomic mass is 15.0. The van der Waals surface area contributed by atoms with Crippen molar-refractivity contribution in [3.8, 4) is 0 Å². The Kier molecular flexibility index (Phi) is 4.46. The van der Waals surface area contributed by atoms with Crippen molar-refractivity contribution in [3.63, 3.8) is 0 Å². The van der Waals surface area contributed by atoms with E-state index in [1.165, 1.54) is 50.6 Å². The molecule has 19 heavy (non-hydrogen) atoms. The van der Waals surface area contributed by atoms with Crippen molar-refractivity contribution in [2.75, 3.05) is 6.54 Å². The van der Waals surface area contributed by atoms with Gasteiger partial charge in [0.05, 0.1) is 0 Å². The third-order valence-corrected chi connectivity index (χ3v) is 4.75. The number of hydrogen-bond donors (Lipinski definition) is 2. The van der Waals surface area contributed by atoms with E-state index in [0.717, 1.165) is 18.5 Å². The van der Waals surface area contributed by atoms with Crippen LogP contribution >= 0.6 is 0 Å². The molecule has 1 aliphatic carbocycles. The highest BCUT2D eigenvalue weighted by molar-refractivity contribution is 5.09. The molecule has 3 atom stereocenters. The summed E-state index contributed by atoms with van der Waals surface area (Å²) < 4.78 is 0. The topological polar surface area (TPSA) is 37.0 Å². The lowest BCUT2D eigenvalue weighted by Gasteiger charge is -2.36. The second-order valence-corrected chi connectivity index (χ2v) is 5.99. The normalized spacial score (nSPS) is 31.5. The van der Waals surface area contributed by atoms with E-state index >= 15 is 0 Å². The molecular weight excluding hydrogens is 234 g/mol. The minimum atomic E-state index is 0.692. The largest absolute Gasteiger partial charge is 0.314 e. The van der Waals surface area contributed by atoms with Gasteiger partial charge in [-0.2, -0.15) is 0 Å². The third kappa shape index (κ3) is 3.34. The minimum absolute atomic E-state index is 0.692. The van der Waals surface area contributed by atoms with Gasteiger partial charge in [-0.3, -0.25) is 4.98 Å². The van der Waals surface area contributed by atoms with Crippen molar-refractivity contribution >= 4 is 0 Å². The predicted octanol–water partition coefficient (Wildman–Crippen LogP) is 2.48. The summed E-state index contributed by atoms with van der Waals surface area (Å²) in [4.78, 5) is 4.08. The van der Waals surface area contributed by atoms with Crippen LogP contribution in [0.1, 0.15) is 44.1 Å². The Morgan fingerprint density at radius 3 is 2.74 bits per heavy atom. The van der Waals surface area contributed by atoms with Crippen LogP contribution < -0.4 is 10.6 Å². The first-order valence-corrected chi connectivity index (χ1v) is 7.79. The van der Waals surface area contributed by atoms with E-state index in [1.807, 2.05) is 12.4 Å². The van der Waals surface area contributed by atoms with Gasteiger partial charge in [0.15, 0.2) is 0 Å². The fourth-order valence-corrected chi connectivity index (χ4v) is 3.72. The third-order valence-electron chi connectivity index (χ3n) is 4.75. The number of rotatable bonds is 4.